The van der Waals surface area contributed by atoms with E-state index in [0.717, 1.165) is 34.4 Å². The van der Waals surface area contributed by atoms with E-state index < -0.39 is 0 Å². The van der Waals surface area contributed by atoms with Crippen molar-refractivity contribution in [1.29, 1.82) is 0 Å². The normalized spacial score (nSPS) is 10.8. The molecule has 3 rings (SSSR count). The summed E-state index contributed by atoms with van der Waals surface area (Å²) in [6.45, 7) is 6.45. The summed E-state index contributed by atoms with van der Waals surface area (Å²) in [6.07, 6.45) is 3.38. The number of para-hydroxylation sites is 1. The number of rotatable bonds is 9. The van der Waals surface area contributed by atoms with Crippen molar-refractivity contribution in [3.05, 3.63) is 76.8 Å². The fourth-order valence-electron chi connectivity index (χ4n) is 2.63. The van der Waals surface area contributed by atoms with Gasteiger partial charge in [0.2, 0.25) is 0 Å². The van der Waals surface area contributed by atoms with Crippen LogP contribution in [0.5, 0.6) is 5.75 Å². The summed E-state index contributed by atoms with van der Waals surface area (Å²) in [5, 5.41) is 5.00. The first-order valence-corrected chi connectivity index (χ1v) is 10.3. The van der Waals surface area contributed by atoms with Crippen LogP contribution in [0.25, 0.3) is 0 Å². The Labute approximate surface area is 174 Å². The van der Waals surface area contributed by atoms with Gasteiger partial charge in [-0.25, -0.2) is 10.4 Å². The molecule has 150 valence electrons. The minimum atomic E-state index is -0.259. The third-order valence-electron chi connectivity index (χ3n) is 4.27. The van der Waals surface area contributed by atoms with Crippen LogP contribution in [0.1, 0.15) is 34.6 Å². The Bertz CT molecular complexity index is 935. The zero-order chi connectivity index (χ0) is 20.5. The van der Waals surface area contributed by atoms with Crippen LogP contribution >= 0.6 is 11.3 Å². The molecule has 2 aromatic carbocycles. The lowest BCUT2D eigenvalue weighted by atomic mass is 10.1. The van der Waals surface area contributed by atoms with Crippen molar-refractivity contribution in [1.82, 2.24) is 10.4 Å². The second kappa shape index (κ2) is 10.4. The van der Waals surface area contributed by atoms with E-state index in [1.165, 1.54) is 0 Å². The number of carbonyl (C=O) groups is 1. The molecule has 0 radical (unpaired) electrons. The molecule has 0 atom stereocenters. The zero-order valence-corrected chi connectivity index (χ0v) is 17.4. The molecule has 0 saturated carbocycles. The standard InChI is InChI=1S/C22H24N4O2S/c1-3-26(4-2)22-23-14-20(29-22)15-24-25-21(27)18-12-10-17(11-13-18)16-28-19-8-6-5-7-9-19/h5-15H,3-4,16H2,1-2H3,(H,25,27)/b24-15-. The average molecular weight is 409 g/mol. The predicted octanol–water partition coefficient (Wildman–Crippen LogP) is 4.33. The summed E-state index contributed by atoms with van der Waals surface area (Å²) in [7, 11) is 0. The highest BCUT2D eigenvalue weighted by Crippen LogP contribution is 2.20. The third kappa shape index (κ3) is 5.89. The molecule has 1 heterocycles. The predicted molar refractivity (Wildman–Crippen MR) is 118 cm³/mol. The van der Waals surface area contributed by atoms with Gasteiger partial charge in [-0.15, -0.1) is 0 Å². The number of anilines is 1. The summed E-state index contributed by atoms with van der Waals surface area (Å²) >= 11 is 1.54. The van der Waals surface area contributed by atoms with E-state index in [9.17, 15) is 4.79 Å². The number of aromatic nitrogens is 1. The largest absolute Gasteiger partial charge is 0.489 e. The fourth-order valence-corrected chi connectivity index (χ4v) is 3.55. The number of hydrazone groups is 1. The van der Waals surface area contributed by atoms with Crippen molar-refractivity contribution in [2.24, 2.45) is 5.10 Å². The van der Waals surface area contributed by atoms with Gasteiger partial charge in [-0.2, -0.15) is 5.10 Å². The summed E-state index contributed by atoms with van der Waals surface area (Å²) < 4.78 is 5.71. The summed E-state index contributed by atoms with van der Waals surface area (Å²) in [4.78, 5) is 19.7. The lowest BCUT2D eigenvalue weighted by Crippen LogP contribution is -2.21. The summed E-state index contributed by atoms with van der Waals surface area (Å²) in [5.74, 6) is 0.557. The molecule has 0 spiro atoms. The molecule has 0 aliphatic heterocycles. The van der Waals surface area contributed by atoms with Gasteiger partial charge in [-0.1, -0.05) is 41.7 Å². The highest BCUT2D eigenvalue weighted by Gasteiger charge is 2.07. The first-order valence-electron chi connectivity index (χ1n) is 9.50. The van der Waals surface area contributed by atoms with Crippen molar-refractivity contribution in [3.63, 3.8) is 0 Å². The van der Waals surface area contributed by atoms with Gasteiger partial charge < -0.3 is 9.64 Å². The van der Waals surface area contributed by atoms with E-state index in [0.29, 0.717) is 12.2 Å². The Kier molecular flexibility index (Phi) is 7.35. The smallest absolute Gasteiger partial charge is 0.271 e. The lowest BCUT2D eigenvalue weighted by Gasteiger charge is -2.16. The number of benzene rings is 2. The maximum absolute atomic E-state index is 12.3. The number of thiazole rings is 1. The van der Waals surface area contributed by atoms with Crippen LogP contribution in [0.3, 0.4) is 0 Å². The molecule has 1 N–H and O–H groups in total. The maximum atomic E-state index is 12.3. The van der Waals surface area contributed by atoms with Gasteiger partial charge in [0.15, 0.2) is 5.13 Å². The van der Waals surface area contributed by atoms with Crippen LogP contribution in [0.2, 0.25) is 0 Å². The molecular formula is C22H24N4O2S. The molecule has 0 unspecified atom stereocenters. The van der Waals surface area contributed by atoms with Crippen LogP contribution < -0.4 is 15.1 Å². The van der Waals surface area contributed by atoms with Gasteiger partial charge in [-0.3, -0.25) is 4.79 Å². The highest BCUT2D eigenvalue weighted by atomic mass is 32.1. The molecule has 0 bridgehead atoms. The van der Waals surface area contributed by atoms with Crippen LogP contribution in [0, 0.1) is 0 Å². The van der Waals surface area contributed by atoms with Gasteiger partial charge in [0, 0.05) is 24.8 Å². The number of nitrogens with zero attached hydrogens (tertiary/aromatic N) is 3. The molecule has 3 aromatic rings. The third-order valence-corrected chi connectivity index (χ3v) is 5.26. The Morgan fingerprint density at radius 3 is 2.55 bits per heavy atom. The molecule has 0 saturated heterocycles. The number of hydrogen-bond acceptors (Lipinski definition) is 6. The summed E-state index contributed by atoms with van der Waals surface area (Å²) in [5.41, 5.74) is 4.08. The van der Waals surface area contributed by atoms with Crippen molar-refractivity contribution < 1.29 is 9.53 Å². The molecule has 0 aliphatic carbocycles. The number of ether oxygens (including phenoxy) is 1. The Balaban J connectivity index is 1.51. The minimum Gasteiger partial charge on any atom is -0.489 e. The zero-order valence-electron chi connectivity index (χ0n) is 16.5. The van der Waals surface area contributed by atoms with Crippen LogP contribution in [0.15, 0.2) is 65.9 Å². The Hall–Kier alpha value is -3.19. The topological polar surface area (TPSA) is 66.8 Å². The molecule has 0 fully saturated rings. The minimum absolute atomic E-state index is 0.259. The van der Waals surface area contributed by atoms with E-state index in [-0.39, 0.29) is 5.91 Å². The number of carbonyl (C=O) groups excluding carboxylic acids is 1. The quantitative estimate of drug-likeness (QED) is 0.423. The fraction of sp³-hybridized carbons (Fsp3) is 0.227. The van der Waals surface area contributed by atoms with E-state index >= 15 is 0 Å². The molecule has 1 amide bonds. The van der Waals surface area contributed by atoms with Crippen molar-refractivity contribution in [2.75, 3.05) is 18.0 Å². The number of hydrogen-bond donors (Lipinski definition) is 1. The SMILES string of the molecule is CCN(CC)c1ncc(/C=N\NC(=O)c2ccc(COc3ccccc3)cc2)s1. The van der Waals surface area contributed by atoms with Gasteiger partial charge in [0.25, 0.3) is 5.91 Å². The first-order chi connectivity index (χ1) is 14.2. The highest BCUT2D eigenvalue weighted by molar-refractivity contribution is 7.17. The van der Waals surface area contributed by atoms with Crippen molar-refractivity contribution >= 4 is 28.6 Å². The van der Waals surface area contributed by atoms with Crippen molar-refractivity contribution in [2.45, 2.75) is 20.5 Å². The average Bonchev–Trinajstić information content (AvgIpc) is 3.23. The number of amides is 1. The number of nitrogens with one attached hydrogen (secondary N) is 1. The van der Waals surface area contributed by atoms with Crippen LogP contribution in [-0.4, -0.2) is 30.2 Å². The second-order valence-corrected chi connectivity index (χ2v) is 7.26. The monoisotopic (exact) mass is 408 g/mol. The first kappa shape index (κ1) is 20.5. The van der Waals surface area contributed by atoms with Gasteiger partial charge in [0.1, 0.15) is 12.4 Å². The molecular weight excluding hydrogens is 384 g/mol. The second-order valence-electron chi connectivity index (χ2n) is 6.22. The van der Waals surface area contributed by atoms with Crippen LogP contribution in [-0.2, 0) is 6.61 Å². The molecule has 6 nitrogen and oxygen atoms in total. The van der Waals surface area contributed by atoms with Gasteiger partial charge in [0.05, 0.1) is 11.1 Å². The molecule has 0 aliphatic rings. The summed E-state index contributed by atoms with van der Waals surface area (Å²) in [6, 6.07) is 16.9. The van der Waals surface area contributed by atoms with Gasteiger partial charge in [-0.05, 0) is 43.7 Å². The lowest BCUT2D eigenvalue weighted by molar-refractivity contribution is 0.0955. The maximum Gasteiger partial charge on any atom is 0.271 e. The van der Waals surface area contributed by atoms with E-state index in [2.05, 4.69) is 34.3 Å². The van der Waals surface area contributed by atoms with E-state index in [1.54, 1.807) is 35.9 Å². The Morgan fingerprint density at radius 2 is 1.86 bits per heavy atom. The van der Waals surface area contributed by atoms with Gasteiger partial charge >= 0.3 is 0 Å². The van der Waals surface area contributed by atoms with E-state index in [4.69, 9.17) is 4.74 Å². The molecule has 1 aromatic heterocycles. The van der Waals surface area contributed by atoms with Crippen molar-refractivity contribution in [3.8, 4) is 5.75 Å². The van der Waals surface area contributed by atoms with Crippen LogP contribution in [0.4, 0.5) is 5.13 Å². The van der Waals surface area contributed by atoms with E-state index in [1.807, 2.05) is 42.5 Å². The molecule has 7 heteroatoms. The molecule has 29 heavy (non-hydrogen) atoms. The Morgan fingerprint density at radius 1 is 1.14 bits per heavy atom.